The maximum Gasteiger partial charge on any atom is 0.328 e. The number of hydrogen-bond donors (Lipinski definition) is 2. The number of carboxylic acid groups (broad SMARTS) is 1. The first-order chi connectivity index (χ1) is 16.7. The minimum atomic E-state index is -3.27. The molecule has 3 aromatic carbocycles. The number of anilines is 1. The van der Waals surface area contributed by atoms with Crippen LogP contribution in [0.25, 0.3) is 33.3 Å². The van der Waals surface area contributed by atoms with Crippen molar-refractivity contribution < 1.29 is 22.7 Å². The van der Waals surface area contributed by atoms with Crippen molar-refractivity contribution in [2.24, 2.45) is 4.99 Å². The molecule has 7 nitrogen and oxygen atoms in total. The van der Waals surface area contributed by atoms with E-state index >= 15 is 0 Å². The van der Waals surface area contributed by atoms with E-state index in [9.17, 15) is 22.7 Å². The zero-order valence-corrected chi connectivity index (χ0v) is 19.4. The molecule has 35 heavy (non-hydrogen) atoms. The molecule has 0 aliphatic carbocycles. The summed E-state index contributed by atoms with van der Waals surface area (Å²) in [6.07, 6.45) is 2.75. The molecule has 5 rings (SSSR count). The first-order valence-corrected chi connectivity index (χ1v) is 12.6. The molecule has 0 saturated carbocycles. The van der Waals surface area contributed by atoms with Gasteiger partial charge in [0.15, 0.2) is 9.84 Å². The second-order valence-electron chi connectivity index (χ2n) is 8.31. The number of carboxylic acids is 1. The van der Waals surface area contributed by atoms with Crippen LogP contribution in [0.5, 0.6) is 0 Å². The molecular weight excluding hydrogens is 469 g/mol. The van der Waals surface area contributed by atoms with E-state index in [1.165, 1.54) is 18.4 Å². The Bertz CT molecular complexity index is 1600. The Morgan fingerprint density at radius 2 is 1.63 bits per heavy atom. The zero-order chi connectivity index (χ0) is 24.7. The normalized spacial score (nSPS) is 15.3. The summed E-state index contributed by atoms with van der Waals surface area (Å²) in [6.45, 7) is 0.0304. The maximum absolute atomic E-state index is 14.0. The van der Waals surface area contributed by atoms with Crippen molar-refractivity contribution in [2.45, 2.75) is 10.9 Å². The Hall–Kier alpha value is -4.11. The minimum Gasteiger partial charge on any atom is -0.480 e. The zero-order valence-electron chi connectivity index (χ0n) is 18.6. The molecule has 1 aromatic heterocycles. The number of aromatic nitrogens is 1. The SMILES string of the molecule is CS(=O)(=O)c1ccc(-c2ccc(-c3nc4ccc(F)cc4c4c3C=NCC(C(=O)O)N4)cc2)cc1. The molecule has 1 aliphatic rings. The fraction of sp³-hybridized carbons (Fsp3) is 0.115. The lowest BCUT2D eigenvalue weighted by Crippen LogP contribution is -2.31. The number of benzene rings is 3. The number of hydrogen-bond acceptors (Lipinski definition) is 6. The summed E-state index contributed by atoms with van der Waals surface area (Å²) in [6, 6.07) is 17.5. The van der Waals surface area contributed by atoms with E-state index in [4.69, 9.17) is 4.98 Å². The topological polar surface area (TPSA) is 109 Å². The van der Waals surface area contributed by atoms with Crippen molar-refractivity contribution in [1.29, 1.82) is 0 Å². The quantitative estimate of drug-likeness (QED) is 0.440. The monoisotopic (exact) mass is 489 g/mol. The summed E-state index contributed by atoms with van der Waals surface area (Å²) in [5.41, 5.74) is 4.67. The number of halogens is 1. The predicted molar refractivity (Wildman–Crippen MR) is 133 cm³/mol. The number of aliphatic imine (C=N–C) groups is 1. The molecule has 0 saturated heterocycles. The van der Waals surface area contributed by atoms with Crippen molar-refractivity contribution in [3.8, 4) is 22.4 Å². The average Bonchev–Trinajstić information content (AvgIpc) is 3.07. The van der Waals surface area contributed by atoms with Gasteiger partial charge in [0, 0.05) is 29.0 Å². The van der Waals surface area contributed by atoms with Crippen molar-refractivity contribution in [3.05, 3.63) is 78.1 Å². The van der Waals surface area contributed by atoms with Gasteiger partial charge in [0.25, 0.3) is 0 Å². The smallest absolute Gasteiger partial charge is 0.328 e. The standard InChI is InChI=1S/C26H20FN3O4S/c1-35(33,34)19-9-6-16(7-10-19)15-2-4-17(5-3-15)24-21-13-28-14-23(26(31)32)30-25(21)20-12-18(27)8-11-22(20)29-24/h2-13,23,30H,14H2,1H3,(H,31,32). The number of fused-ring (bicyclic) bond motifs is 3. The van der Waals surface area contributed by atoms with Crippen LogP contribution >= 0.6 is 0 Å². The highest BCUT2D eigenvalue weighted by atomic mass is 32.2. The summed E-state index contributed by atoms with van der Waals surface area (Å²) in [5.74, 6) is -1.50. The third kappa shape index (κ3) is 4.38. The van der Waals surface area contributed by atoms with Crippen LogP contribution in [0.4, 0.5) is 10.1 Å². The molecule has 0 spiro atoms. The Balaban J connectivity index is 1.60. The van der Waals surface area contributed by atoms with Crippen molar-refractivity contribution in [3.63, 3.8) is 0 Å². The third-order valence-electron chi connectivity index (χ3n) is 5.88. The van der Waals surface area contributed by atoms with Crippen LogP contribution in [-0.2, 0) is 14.6 Å². The molecule has 176 valence electrons. The summed E-state index contributed by atoms with van der Waals surface area (Å²) in [4.78, 5) is 20.9. The Morgan fingerprint density at radius 3 is 2.26 bits per heavy atom. The van der Waals surface area contributed by atoms with E-state index < -0.39 is 27.7 Å². The van der Waals surface area contributed by atoms with E-state index in [1.54, 1.807) is 36.5 Å². The first kappa shape index (κ1) is 22.7. The number of nitrogens with zero attached hydrogens (tertiary/aromatic N) is 2. The highest BCUT2D eigenvalue weighted by Gasteiger charge is 2.24. The van der Waals surface area contributed by atoms with Gasteiger partial charge in [-0.25, -0.2) is 22.6 Å². The molecule has 9 heteroatoms. The Kier molecular flexibility index (Phi) is 5.56. The highest BCUT2D eigenvalue weighted by Crippen LogP contribution is 2.35. The highest BCUT2D eigenvalue weighted by molar-refractivity contribution is 7.90. The predicted octanol–water partition coefficient (Wildman–Crippen LogP) is 4.41. The van der Waals surface area contributed by atoms with E-state index in [1.807, 2.05) is 24.3 Å². The molecular formula is C26H20FN3O4S. The van der Waals surface area contributed by atoms with Crippen LogP contribution < -0.4 is 5.32 Å². The largest absolute Gasteiger partial charge is 0.480 e. The molecule has 2 N–H and O–H groups in total. The van der Waals surface area contributed by atoms with Gasteiger partial charge in [0.1, 0.15) is 11.9 Å². The molecule has 2 heterocycles. The summed E-state index contributed by atoms with van der Waals surface area (Å²) >= 11 is 0. The summed E-state index contributed by atoms with van der Waals surface area (Å²) < 4.78 is 37.5. The third-order valence-corrected chi connectivity index (χ3v) is 7.01. The van der Waals surface area contributed by atoms with Gasteiger partial charge in [-0.05, 0) is 41.5 Å². The fourth-order valence-electron chi connectivity index (χ4n) is 4.08. The van der Waals surface area contributed by atoms with Gasteiger partial charge in [-0.1, -0.05) is 36.4 Å². The van der Waals surface area contributed by atoms with Gasteiger partial charge < -0.3 is 10.4 Å². The van der Waals surface area contributed by atoms with Gasteiger partial charge in [0.05, 0.1) is 28.3 Å². The number of carbonyl (C=O) groups is 1. The average molecular weight is 490 g/mol. The number of pyridine rings is 1. The minimum absolute atomic E-state index is 0.0304. The molecule has 0 bridgehead atoms. The van der Waals surface area contributed by atoms with Crippen molar-refractivity contribution in [1.82, 2.24) is 4.98 Å². The van der Waals surface area contributed by atoms with Crippen LogP contribution in [-0.4, -0.2) is 49.5 Å². The Morgan fingerprint density at radius 1 is 1.00 bits per heavy atom. The van der Waals surface area contributed by atoms with Crippen LogP contribution in [0.2, 0.25) is 0 Å². The molecule has 4 aromatic rings. The van der Waals surface area contributed by atoms with Gasteiger partial charge in [-0.2, -0.15) is 0 Å². The first-order valence-electron chi connectivity index (χ1n) is 10.7. The van der Waals surface area contributed by atoms with E-state index in [0.717, 1.165) is 16.7 Å². The van der Waals surface area contributed by atoms with Gasteiger partial charge in [-0.15, -0.1) is 0 Å². The molecule has 0 fully saturated rings. The van der Waals surface area contributed by atoms with Crippen molar-refractivity contribution in [2.75, 3.05) is 18.1 Å². The number of rotatable bonds is 4. The molecule has 1 aliphatic heterocycles. The lowest BCUT2D eigenvalue weighted by atomic mass is 9.98. The second kappa shape index (κ2) is 8.59. The van der Waals surface area contributed by atoms with E-state index in [-0.39, 0.29) is 11.4 Å². The lowest BCUT2D eigenvalue weighted by Gasteiger charge is -2.18. The molecule has 1 atom stereocenters. The number of aliphatic carboxylic acids is 1. The van der Waals surface area contributed by atoms with E-state index in [2.05, 4.69) is 10.3 Å². The fourth-order valence-corrected chi connectivity index (χ4v) is 4.71. The van der Waals surface area contributed by atoms with Crippen LogP contribution in [0.1, 0.15) is 5.56 Å². The summed E-state index contributed by atoms with van der Waals surface area (Å²) in [7, 11) is -3.27. The van der Waals surface area contributed by atoms with Crippen LogP contribution in [0.3, 0.4) is 0 Å². The van der Waals surface area contributed by atoms with Gasteiger partial charge in [0.2, 0.25) is 0 Å². The molecule has 0 radical (unpaired) electrons. The maximum atomic E-state index is 14.0. The number of sulfone groups is 1. The Labute approximate surface area is 200 Å². The van der Waals surface area contributed by atoms with Crippen LogP contribution in [0, 0.1) is 5.82 Å². The van der Waals surface area contributed by atoms with Crippen molar-refractivity contribution >= 4 is 38.6 Å². The lowest BCUT2D eigenvalue weighted by molar-refractivity contribution is -0.137. The van der Waals surface area contributed by atoms with Crippen LogP contribution in [0.15, 0.2) is 76.6 Å². The number of nitrogens with one attached hydrogen (secondary N) is 1. The summed E-state index contributed by atoms with van der Waals surface area (Å²) in [5, 5.41) is 13.0. The molecule has 1 unspecified atom stereocenters. The van der Waals surface area contributed by atoms with Gasteiger partial charge >= 0.3 is 5.97 Å². The second-order valence-corrected chi connectivity index (χ2v) is 10.3. The molecule has 0 amide bonds. The van der Waals surface area contributed by atoms with Gasteiger partial charge in [-0.3, -0.25) is 4.99 Å². The van der Waals surface area contributed by atoms with E-state index in [0.29, 0.717) is 27.8 Å².